The second-order valence-corrected chi connectivity index (χ2v) is 7.06. The Morgan fingerprint density at radius 1 is 1.25 bits per heavy atom. The highest BCUT2D eigenvalue weighted by molar-refractivity contribution is 5.90. The average molecular weight is 328 g/mol. The zero-order chi connectivity index (χ0) is 17.7. The molecule has 2 aromatic rings. The van der Waals surface area contributed by atoms with E-state index in [1.165, 1.54) is 0 Å². The molecular formula is C19H24N2O3. The summed E-state index contributed by atoms with van der Waals surface area (Å²) in [6.45, 7) is 6.37. The van der Waals surface area contributed by atoms with Crippen LogP contribution in [0.2, 0.25) is 0 Å². The smallest absolute Gasteiger partial charge is 0.335 e. The maximum absolute atomic E-state index is 11.9. The number of rotatable bonds is 7. The lowest BCUT2D eigenvalue weighted by atomic mass is 9.82. The number of aromatic carboxylic acids is 1. The summed E-state index contributed by atoms with van der Waals surface area (Å²) in [5.74, 6) is -0.729. The minimum absolute atomic E-state index is 0.172. The molecule has 0 aliphatic rings. The van der Waals surface area contributed by atoms with Crippen molar-refractivity contribution in [2.24, 2.45) is 0 Å². The van der Waals surface area contributed by atoms with Crippen LogP contribution in [-0.4, -0.2) is 26.4 Å². The van der Waals surface area contributed by atoms with Crippen LogP contribution in [0.4, 0.5) is 0 Å². The molecule has 0 fully saturated rings. The van der Waals surface area contributed by atoms with Crippen LogP contribution in [0.3, 0.4) is 0 Å². The van der Waals surface area contributed by atoms with Gasteiger partial charge in [-0.05, 0) is 35.4 Å². The SMILES string of the molecule is CC(C)(C)c1cc(CCCC(=O)Cn2ccnc2)ccc1C(=O)O. The Hall–Kier alpha value is -2.43. The summed E-state index contributed by atoms with van der Waals surface area (Å²) in [7, 11) is 0. The van der Waals surface area contributed by atoms with E-state index in [2.05, 4.69) is 4.98 Å². The van der Waals surface area contributed by atoms with Gasteiger partial charge in [-0.2, -0.15) is 0 Å². The van der Waals surface area contributed by atoms with Crippen LogP contribution in [0.25, 0.3) is 0 Å². The molecule has 0 unspecified atom stereocenters. The predicted molar refractivity (Wildman–Crippen MR) is 92.3 cm³/mol. The summed E-state index contributed by atoms with van der Waals surface area (Å²) in [6.07, 6.45) is 7.09. The Labute approximate surface area is 142 Å². The lowest BCUT2D eigenvalue weighted by molar-refractivity contribution is -0.119. The van der Waals surface area contributed by atoms with Gasteiger partial charge in [0.2, 0.25) is 0 Å². The molecular weight excluding hydrogens is 304 g/mol. The number of imidazole rings is 1. The summed E-state index contributed by atoms with van der Waals surface area (Å²) >= 11 is 0. The van der Waals surface area contributed by atoms with E-state index in [-0.39, 0.29) is 11.2 Å². The van der Waals surface area contributed by atoms with Crippen molar-refractivity contribution in [3.05, 3.63) is 53.6 Å². The maximum Gasteiger partial charge on any atom is 0.335 e. The minimum Gasteiger partial charge on any atom is -0.478 e. The molecule has 0 aliphatic carbocycles. The summed E-state index contributed by atoms with van der Waals surface area (Å²) < 4.78 is 1.77. The molecule has 0 aliphatic heterocycles. The molecule has 1 N–H and O–H groups in total. The summed E-state index contributed by atoms with van der Waals surface area (Å²) in [4.78, 5) is 27.2. The number of ketones is 1. The van der Waals surface area contributed by atoms with Crippen molar-refractivity contribution in [2.75, 3.05) is 0 Å². The first kappa shape index (κ1) is 17.9. The average Bonchev–Trinajstić information content (AvgIpc) is 2.99. The third-order valence-electron chi connectivity index (χ3n) is 3.96. The number of carboxylic acid groups (broad SMARTS) is 1. The van der Waals surface area contributed by atoms with Crippen molar-refractivity contribution in [3.63, 3.8) is 0 Å². The number of hydrogen-bond acceptors (Lipinski definition) is 3. The first-order chi connectivity index (χ1) is 11.3. The third-order valence-corrected chi connectivity index (χ3v) is 3.96. The molecule has 1 heterocycles. The molecule has 1 aromatic heterocycles. The fourth-order valence-electron chi connectivity index (χ4n) is 2.71. The van der Waals surface area contributed by atoms with Gasteiger partial charge in [0, 0.05) is 18.8 Å². The van der Waals surface area contributed by atoms with Crippen LogP contribution in [-0.2, 0) is 23.2 Å². The quantitative estimate of drug-likeness (QED) is 0.844. The highest BCUT2D eigenvalue weighted by Crippen LogP contribution is 2.27. The molecule has 0 bridgehead atoms. The van der Waals surface area contributed by atoms with Crippen molar-refractivity contribution in [2.45, 2.75) is 52.0 Å². The number of aryl methyl sites for hydroxylation is 1. The normalized spacial score (nSPS) is 11.5. The van der Waals surface area contributed by atoms with Crippen LogP contribution in [0.1, 0.15) is 55.1 Å². The molecule has 0 saturated heterocycles. The molecule has 5 heteroatoms. The second-order valence-electron chi connectivity index (χ2n) is 7.06. The zero-order valence-corrected chi connectivity index (χ0v) is 14.5. The summed E-state index contributed by atoms with van der Waals surface area (Å²) in [6, 6.07) is 5.48. The van der Waals surface area contributed by atoms with E-state index < -0.39 is 5.97 Å². The van der Waals surface area contributed by atoms with Crippen molar-refractivity contribution in [1.29, 1.82) is 0 Å². The van der Waals surface area contributed by atoms with Crippen molar-refractivity contribution < 1.29 is 14.7 Å². The fourth-order valence-corrected chi connectivity index (χ4v) is 2.71. The molecule has 0 amide bonds. The number of nitrogens with zero attached hydrogens (tertiary/aromatic N) is 2. The van der Waals surface area contributed by atoms with Gasteiger partial charge >= 0.3 is 5.97 Å². The highest BCUT2D eigenvalue weighted by Gasteiger charge is 2.21. The number of aromatic nitrogens is 2. The van der Waals surface area contributed by atoms with E-state index in [0.29, 0.717) is 18.5 Å². The van der Waals surface area contributed by atoms with Gasteiger partial charge in [0.05, 0.1) is 18.4 Å². The van der Waals surface area contributed by atoms with Crippen molar-refractivity contribution in [3.8, 4) is 0 Å². The topological polar surface area (TPSA) is 72.2 Å². The molecule has 0 radical (unpaired) electrons. The van der Waals surface area contributed by atoms with Gasteiger partial charge in [0.15, 0.2) is 5.78 Å². The van der Waals surface area contributed by atoms with E-state index >= 15 is 0 Å². The predicted octanol–water partition coefficient (Wildman–Crippen LogP) is 3.47. The van der Waals surface area contributed by atoms with Crippen LogP contribution in [0.15, 0.2) is 36.9 Å². The number of benzene rings is 1. The first-order valence-corrected chi connectivity index (χ1v) is 8.11. The van der Waals surface area contributed by atoms with Gasteiger partial charge in [0.1, 0.15) is 0 Å². The van der Waals surface area contributed by atoms with Gasteiger partial charge in [0.25, 0.3) is 0 Å². The standard InChI is InChI=1S/C19H24N2O3/c1-19(2,3)17-11-14(7-8-16(17)18(23)24)5-4-6-15(22)12-21-10-9-20-13-21/h7-11,13H,4-6,12H2,1-3H3,(H,23,24). The Kier molecular flexibility index (Phi) is 5.54. The number of carbonyl (C=O) groups is 2. The van der Waals surface area contributed by atoms with Gasteiger partial charge < -0.3 is 9.67 Å². The van der Waals surface area contributed by atoms with E-state index in [1.54, 1.807) is 29.4 Å². The largest absolute Gasteiger partial charge is 0.478 e. The Morgan fingerprint density at radius 2 is 2.00 bits per heavy atom. The van der Waals surface area contributed by atoms with Crippen LogP contribution >= 0.6 is 0 Å². The van der Waals surface area contributed by atoms with Crippen LogP contribution < -0.4 is 0 Å². The minimum atomic E-state index is -0.901. The molecule has 128 valence electrons. The Morgan fingerprint density at radius 3 is 2.58 bits per heavy atom. The lowest BCUT2D eigenvalue weighted by Gasteiger charge is -2.22. The molecule has 2 rings (SSSR count). The Bertz CT molecular complexity index is 713. The number of carboxylic acids is 1. The van der Waals surface area contributed by atoms with Gasteiger partial charge in [-0.1, -0.05) is 32.9 Å². The maximum atomic E-state index is 11.9. The van der Waals surface area contributed by atoms with Gasteiger partial charge in [-0.25, -0.2) is 9.78 Å². The zero-order valence-electron chi connectivity index (χ0n) is 14.5. The van der Waals surface area contributed by atoms with Crippen molar-refractivity contribution >= 4 is 11.8 Å². The second kappa shape index (κ2) is 7.43. The van der Waals surface area contributed by atoms with E-state index in [9.17, 15) is 14.7 Å². The number of hydrogen-bond donors (Lipinski definition) is 1. The van der Waals surface area contributed by atoms with Crippen LogP contribution in [0, 0.1) is 0 Å². The highest BCUT2D eigenvalue weighted by atomic mass is 16.4. The molecule has 0 spiro atoms. The molecule has 5 nitrogen and oxygen atoms in total. The Balaban J connectivity index is 1.97. The molecule has 24 heavy (non-hydrogen) atoms. The van der Waals surface area contributed by atoms with Crippen LogP contribution in [0.5, 0.6) is 0 Å². The van der Waals surface area contributed by atoms with Gasteiger partial charge in [-0.3, -0.25) is 4.79 Å². The number of carbonyl (C=O) groups excluding carboxylic acids is 1. The third kappa shape index (κ3) is 4.78. The first-order valence-electron chi connectivity index (χ1n) is 8.11. The monoisotopic (exact) mass is 328 g/mol. The van der Waals surface area contributed by atoms with E-state index in [4.69, 9.17) is 0 Å². The summed E-state index contributed by atoms with van der Waals surface area (Å²) in [5.41, 5.74) is 2.01. The van der Waals surface area contributed by atoms with E-state index in [0.717, 1.165) is 24.0 Å². The lowest BCUT2D eigenvalue weighted by Crippen LogP contribution is -2.17. The van der Waals surface area contributed by atoms with E-state index in [1.807, 2.05) is 32.9 Å². The summed E-state index contributed by atoms with van der Waals surface area (Å²) in [5, 5.41) is 9.34. The molecule has 0 saturated carbocycles. The van der Waals surface area contributed by atoms with Gasteiger partial charge in [-0.15, -0.1) is 0 Å². The van der Waals surface area contributed by atoms with Crippen molar-refractivity contribution in [1.82, 2.24) is 9.55 Å². The molecule has 0 atom stereocenters. The molecule has 1 aromatic carbocycles. The fraction of sp³-hybridized carbons (Fsp3) is 0.421. The number of Topliss-reactive ketones (excluding diaryl/α,β-unsaturated/α-hetero) is 1.